The summed E-state index contributed by atoms with van der Waals surface area (Å²) in [5.74, 6) is 0.347. The highest BCUT2D eigenvalue weighted by Gasteiger charge is 2.42. The summed E-state index contributed by atoms with van der Waals surface area (Å²) in [5, 5.41) is 2.63. The van der Waals surface area contributed by atoms with Crippen LogP contribution in [0.4, 0.5) is 0 Å². The first-order chi connectivity index (χ1) is 10.7. The van der Waals surface area contributed by atoms with Gasteiger partial charge in [-0.25, -0.2) is 4.79 Å². The van der Waals surface area contributed by atoms with E-state index in [-0.39, 0.29) is 17.9 Å². The van der Waals surface area contributed by atoms with Crippen molar-refractivity contribution in [3.63, 3.8) is 0 Å². The minimum Gasteiger partial charge on any atom is -0.329 e. The molecule has 6 heteroatoms. The molecule has 1 aromatic carbocycles. The van der Waals surface area contributed by atoms with Crippen LogP contribution >= 0.6 is 0 Å². The Bertz CT molecular complexity index is 741. The lowest BCUT2D eigenvalue weighted by molar-refractivity contribution is -0.678. The van der Waals surface area contributed by atoms with E-state index in [0.717, 1.165) is 31.4 Å². The van der Waals surface area contributed by atoms with Crippen molar-refractivity contribution in [3.05, 3.63) is 46.4 Å². The van der Waals surface area contributed by atoms with Crippen LogP contribution in [0.25, 0.3) is 5.69 Å². The maximum atomic E-state index is 12.4. The fourth-order valence-corrected chi connectivity index (χ4v) is 2.71. The van der Waals surface area contributed by atoms with E-state index < -0.39 is 5.63 Å². The second-order valence-corrected chi connectivity index (χ2v) is 6.07. The topological polar surface area (TPSA) is 70.2 Å². The summed E-state index contributed by atoms with van der Waals surface area (Å²) in [6.45, 7) is 0.306. The predicted octanol–water partition coefficient (Wildman–Crippen LogP) is 1.15. The van der Waals surface area contributed by atoms with Gasteiger partial charge >= 0.3 is 11.3 Å². The Kier molecular flexibility index (Phi) is 3.10. The number of aromatic amines is 1. The number of carbonyl (C=O) groups is 1. The van der Waals surface area contributed by atoms with Crippen LogP contribution in [0.2, 0.25) is 0 Å². The van der Waals surface area contributed by atoms with Crippen molar-refractivity contribution in [2.45, 2.75) is 38.3 Å². The number of nitrogens with one attached hydrogen (secondary N) is 1. The normalized spacial score (nSPS) is 17.5. The molecule has 2 fully saturated rings. The largest absolute Gasteiger partial charge is 0.432 e. The minimum absolute atomic E-state index is 0.164. The number of H-pyrrole nitrogens is 1. The number of hydrogen-bond donors (Lipinski definition) is 1. The Labute approximate surface area is 127 Å². The van der Waals surface area contributed by atoms with Gasteiger partial charge in [-0.15, -0.1) is 0 Å². The van der Waals surface area contributed by atoms with Gasteiger partial charge in [0.1, 0.15) is 6.54 Å². The second-order valence-electron chi connectivity index (χ2n) is 6.07. The lowest BCUT2D eigenvalue weighted by Gasteiger charge is -2.19. The average Bonchev–Trinajstić information content (AvgIpc) is 3.44. The van der Waals surface area contributed by atoms with E-state index in [1.807, 2.05) is 35.2 Å². The zero-order valence-corrected chi connectivity index (χ0v) is 12.2. The van der Waals surface area contributed by atoms with Crippen LogP contribution in [0.3, 0.4) is 0 Å². The molecule has 0 unspecified atom stereocenters. The van der Waals surface area contributed by atoms with Crippen LogP contribution in [0, 0.1) is 5.92 Å². The van der Waals surface area contributed by atoms with E-state index in [9.17, 15) is 9.59 Å². The lowest BCUT2D eigenvalue weighted by Crippen LogP contribution is -2.44. The third-order valence-electron chi connectivity index (χ3n) is 4.27. The Morgan fingerprint density at radius 3 is 2.59 bits per heavy atom. The van der Waals surface area contributed by atoms with Crippen LogP contribution in [0.1, 0.15) is 31.4 Å². The van der Waals surface area contributed by atoms with Crippen LogP contribution in [-0.2, 0) is 11.3 Å². The molecule has 2 aliphatic rings. The van der Waals surface area contributed by atoms with Crippen molar-refractivity contribution in [2.75, 3.05) is 0 Å². The predicted molar refractivity (Wildman–Crippen MR) is 77.2 cm³/mol. The van der Waals surface area contributed by atoms with Gasteiger partial charge in [0.15, 0.2) is 0 Å². The summed E-state index contributed by atoms with van der Waals surface area (Å²) in [7, 11) is 0. The molecule has 0 aliphatic heterocycles. The number of carbonyl (C=O) groups excluding carboxylic acids is 1. The Morgan fingerprint density at radius 2 is 1.95 bits per heavy atom. The Morgan fingerprint density at radius 1 is 1.23 bits per heavy atom. The van der Waals surface area contributed by atoms with Crippen molar-refractivity contribution in [1.82, 2.24) is 10.2 Å². The summed E-state index contributed by atoms with van der Waals surface area (Å²) in [6, 6.07) is 9.76. The molecule has 1 amide bonds. The average molecular weight is 300 g/mol. The molecule has 6 nitrogen and oxygen atoms in total. The smallest absolute Gasteiger partial charge is 0.329 e. The highest BCUT2D eigenvalue weighted by Crippen LogP contribution is 2.36. The third-order valence-corrected chi connectivity index (χ3v) is 4.27. The van der Waals surface area contributed by atoms with E-state index in [0.29, 0.717) is 12.2 Å². The fraction of sp³-hybridized carbons (Fsp3) is 0.438. The fourth-order valence-electron chi connectivity index (χ4n) is 2.71. The Balaban J connectivity index is 1.66. The molecular formula is C16H18N3O3+. The maximum Gasteiger partial charge on any atom is 0.432 e. The van der Waals surface area contributed by atoms with Crippen molar-refractivity contribution in [1.29, 1.82) is 0 Å². The highest BCUT2D eigenvalue weighted by atomic mass is 16.5. The van der Waals surface area contributed by atoms with Crippen molar-refractivity contribution in [3.8, 4) is 5.69 Å². The highest BCUT2D eigenvalue weighted by molar-refractivity contribution is 5.81. The number of amides is 1. The number of rotatable bonds is 5. The first-order valence-electron chi connectivity index (χ1n) is 7.72. The zero-order chi connectivity index (χ0) is 15.1. The zero-order valence-electron chi connectivity index (χ0n) is 12.2. The SMILES string of the molecule is O=C(C1CC1)N(Cc1c(=O)o[nH][n+]1-c1ccccc1)C1CC1. The quantitative estimate of drug-likeness (QED) is 0.842. The molecule has 22 heavy (non-hydrogen) atoms. The van der Waals surface area contributed by atoms with Gasteiger partial charge in [-0.05, 0) is 35.6 Å². The molecule has 1 heterocycles. The van der Waals surface area contributed by atoms with E-state index >= 15 is 0 Å². The summed E-state index contributed by atoms with van der Waals surface area (Å²) < 4.78 is 6.57. The van der Waals surface area contributed by atoms with E-state index in [4.69, 9.17) is 4.52 Å². The molecule has 1 aromatic heterocycles. The van der Waals surface area contributed by atoms with Crippen molar-refractivity contribution in [2.24, 2.45) is 5.92 Å². The first kappa shape index (κ1) is 13.3. The van der Waals surface area contributed by atoms with Crippen LogP contribution < -0.4 is 10.3 Å². The number of para-hydroxylation sites is 1. The summed E-state index contributed by atoms with van der Waals surface area (Å²) >= 11 is 0. The van der Waals surface area contributed by atoms with Crippen LogP contribution in [0.5, 0.6) is 0 Å². The maximum absolute atomic E-state index is 12.4. The Hall–Kier alpha value is -2.37. The minimum atomic E-state index is -0.418. The molecule has 2 aliphatic carbocycles. The van der Waals surface area contributed by atoms with Gasteiger partial charge in [0.05, 0.1) is 0 Å². The molecule has 114 valence electrons. The molecule has 0 saturated heterocycles. The molecule has 0 atom stereocenters. The molecule has 0 radical (unpaired) electrons. The first-order valence-corrected chi connectivity index (χ1v) is 7.72. The second kappa shape index (κ2) is 5.12. The lowest BCUT2D eigenvalue weighted by atomic mass is 10.3. The third kappa shape index (κ3) is 2.45. The van der Waals surface area contributed by atoms with Gasteiger partial charge < -0.3 is 4.90 Å². The van der Waals surface area contributed by atoms with E-state index in [1.54, 1.807) is 4.68 Å². The van der Waals surface area contributed by atoms with Crippen molar-refractivity contribution < 1.29 is 14.0 Å². The van der Waals surface area contributed by atoms with Gasteiger partial charge in [-0.1, -0.05) is 18.2 Å². The molecule has 2 aromatic rings. The summed E-state index contributed by atoms with van der Waals surface area (Å²) in [6.07, 6.45) is 4.00. The van der Waals surface area contributed by atoms with Crippen molar-refractivity contribution >= 4 is 5.91 Å². The molecule has 4 rings (SSSR count). The van der Waals surface area contributed by atoms with Crippen LogP contribution in [-0.4, -0.2) is 22.1 Å². The van der Waals surface area contributed by atoms with E-state index in [2.05, 4.69) is 5.27 Å². The van der Waals surface area contributed by atoms with Crippen LogP contribution in [0.15, 0.2) is 39.6 Å². The van der Waals surface area contributed by atoms with E-state index in [1.165, 1.54) is 0 Å². The molecule has 0 spiro atoms. The summed E-state index contributed by atoms with van der Waals surface area (Å²) in [4.78, 5) is 26.3. The molecule has 1 N–H and O–H groups in total. The van der Waals surface area contributed by atoms with Gasteiger partial charge in [-0.2, -0.15) is 0 Å². The van der Waals surface area contributed by atoms with Gasteiger partial charge in [0.2, 0.25) is 11.6 Å². The summed E-state index contributed by atoms with van der Waals surface area (Å²) in [5.41, 5.74) is 0.864. The molecule has 0 bridgehead atoms. The monoisotopic (exact) mass is 300 g/mol. The number of benzene rings is 1. The van der Waals surface area contributed by atoms with Gasteiger partial charge in [0, 0.05) is 24.1 Å². The molecule has 2 saturated carbocycles. The standard InChI is InChI=1S/C16H17N3O3/c20-15(11-6-7-11)18(12-8-9-12)10-14-16(21)22-17-19(14)13-4-2-1-3-5-13/h1-5,11-12H,6-10H2/p+1. The molecular weight excluding hydrogens is 282 g/mol. The number of nitrogens with zero attached hydrogens (tertiary/aromatic N) is 2. The number of hydrogen-bond acceptors (Lipinski definition) is 3. The van der Waals surface area contributed by atoms with Gasteiger partial charge in [0.25, 0.3) is 0 Å². The number of aromatic nitrogens is 2. The van der Waals surface area contributed by atoms with Gasteiger partial charge in [-0.3, -0.25) is 9.32 Å².